The molecular formula is C14H11N3O5S. The highest BCUT2D eigenvalue weighted by Gasteiger charge is 2.24. The molecule has 118 valence electrons. The van der Waals surface area contributed by atoms with Gasteiger partial charge in [0.1, 0.15) is 17.1 Å². The summed E-state index contributed by atoms with van der Waals surface area (Å²) in [6.45, 7) is 0. The Hall–Kier alpha value is -2.94. The van der Waals surface area contributed by atoms with Gasteiger partial charge in [-0.05, 0) is 0 Å². The van der Waals surface area contributed by atoms with E-state index in [0.29, 0.717) is 33.9 Å². The maximum atomic E-state index is 11.5. The maximum absolute atomic E-state index is 11.5. The number of carbonyl (C=O) groups excluding carboxylic acids is 1. The van der Waals surface area contributed by atoms with E-state index in [9.17, 15) is 14.9 Å². The van der Waals surface area contributed by atoms with Crippen LogP contribution in [0.25, 0.3) is 16.2 Å². The van der Waals surface area contributed by atoms with Gasteiger partial charge in [0.05, 0.1) is 24.7 Å². The van der Waals surface area contributed by atoms with Crippen LogP contribution in [0.5, 0.6) is 11.5 Å². The van der Waals surface area contributed by atoms with E-state index in [-0.39, 0.29) is 11.4 Å². The number of fused-ring (bicyclic) bond motifs is 1. The summed E-state index contributed by atoms with van der Waals surface area (Å²) in [5.74, 6) is 0.408. The first-order valence-corrected chi connectivity index (χ1v) is 7.30. The van der Waals surface area contributed by atoms with E-state index < -0.39 is 4.92 Å². The Kier molecular flexibility index (Phi) is 3.70. The van der Waals surface area contributed by atoms with E-state index in [2.05, 4.69) is 4.98 Å². The predicted octanol–water partition coefficient (Wildman–Crippen LogP) is 2.80. The molecule has 9 heteroatoms. The van der Waals surface area contributed by atoms with E-state index in [0.717, 1.165) is 0 Å². The van der Waals surface area contributed by atoms with Crippen molar-refractivity contribution in [1.82, 2.24) is 9.38 Å². The molecule has 0 unspecified atom stereocenters. The number of aromatic nitrogens is 2. The molecule has 0 aliphatic carbocycles. The summed E-state index contributed by atoms with van der Waals surface area (Å²) in [5, 5.41) is 13.0. The highest BCUT2D eigenvalue weighted by molar-refractivity contribution is 7.15. The standard InChI is InChI=1S/C14H11N3O5S/c1-21-11-6-12(22-2)9(17(19)20)5-8(11)13-10(7-18)16-3-4-23-14(16)15-13/h3-7H,1-2H3. The lowest BCUT2D eigenvalue weighted by atomic mass is 10.1. The fourth-order valence-electron chi connectivity index (χ4n) is 2.32. The van der Waals surface area contributed by atoms with Crippen LogP contribution in [0.2, 0.25) is 0 Å². The van der Waals surface area contributed by atoms with Crippen molar-refractivity contribution in [2.45, 2.75) is 0 Å². The van der Waals surface area contributed by atoms with Gasteiger partial charge in [0.2, 0.25) is 5.75 Å². The first kappa shape index (κ1) is 15.0. The second-order valence-corrected chi connectivity index (χ2v) is 5.37. The van der Waals surface area contributed by atoms with E-state index in [1.54, 1.807) is 16.0 Å². The second-order valence-electron chi connectivity index (χ2n) is 4.50. The number of ether oxygens (including phenoxy) is 2. The third kappa shape index (κ3) is 2.30. The molecule has 0 amide bonds. The van der Waals surface area contributed by atoms with Gasteiger partial charge in [-0.25, -0.2) is 4.98 Å². The summed E-state index contributed by atoms with van der Waals surface area (Å²) in [7, 11) is 2.77. The number of methoxy groups -OCH3 is 2. The van der Waals surface area contributed by atoms with Gasteiger partial charge in [-0.1, -0.05) is 0 Å². The Bertz CT molecular complexity index is 915. The maximum Gasteiger partial charge on any atom is 0.311 e. The number of nitro groups is 1. The molecule has 0 bridgehead atoms. The van der Waals surface area contributed by atoms with Crippen LogP contribution in [-0.4, -0.2) is 34.8 Å². The lowest BCUT2D eigenvalue weighted by Crippen LogP contribution is -1.98. The fourth-order valence-corrected chi connectivity index (χ4v) is 3.04. The molecule has 8 nitrogen and oxygen atoms in total. The number of aldehydes is 1. The van der Waals surface area contributed by atoms with Gasteiger partial charge in [0, 0.05) is 23.7 Å². The third-order valence-corrected chi connectivity index (χ3v) is 4.12. The number of rotatable bonds is 5. The number of nitro benzene ring substituents is 1. The lowest BCUT2D eigenvalue weighted by Gasteiger charge is -2.10. The van der Waals surface area contributed by atoms with Crippen LogP contribution < -0.4 is 9.47 Å². The summed E-state index contributed by atoms with van der Waals surface area (Å²) in [6, 6.07) is 2.71. The van der Waals surface area contributed by atoms with Crippen LogP contribution in [-0.2, 0) is 0 Å². The highest BCUT2D eigenvalue weighted by atomic mass is 32.1. The van der Waals surface area contributed by atoms with Gasteiger partial charge >= 0.3 is 5.69 Å². The molecule has 0 N–H and O–H groups in total. The largest absolute Gasteiger partial charge is 0.496 e. The summed E-state index contributed by atoms with van der Waals surface area (Å²) >= 11 is 1.36. The van der Waals surface area contributed by atoms with Crippen LogP contribution in [0.1, 0.15) is 10.5 Å². The number of hydrogen-bond acceptors (Lipinski definition) is 7. The van der Waals surface area contributed by atoms with Gasteiger partial charge in [-0.2, -0.15) is 0 Å². The average molecular weight is 333 g/mol. The molecule has 0 radical (unpaired) electrons. The van der Waals surface area contributed by atoms with Crippen molar-refractivity contribution in [1.29, 1.82) is 0 Å². The Morgan fingerprint density at radius 3 is 2.65 bits per heavy atom. The first-order chi connectivity index (χ1) is 11.1. The first-order valence-electron chi connectivity index (χ1n) is 6.42. The monoisotopic (exact) mass is 333 g/mol. The molecule has 0 spiro atoms. The molecule has 0 aliphatic heterocycles. The number of imidazole rings is 1. The summed E-state index contributed by atoms with van der Waals surface area (Å²) in [5.41, 5.74) is 0.767. The summed E-state index contributed by atoms with van der Waals surface area (Å²) in [4.78, 5) is 27.1. The normalized spacial score (nSPS) is 10.7. The van der Waals surface area contributed by atoms with E-state index in [4.69, 9.17) is 9.47 Å². The molecule has 0 atom stereocenters. The molecule has 0 saturated heterocycles. The minimum Gasteiger partial charge on any atom is -0.496 e. The Morgan fingerprint density at radius 2 is 2.04 bits per heavy atom. The molecule has 0 fully saturated rings. The van der Waals surface area contributed by atoms with Crippen molar-refractivity contribution in [3.05, 3.63) is 39.5 Å². The second kappa shape index (κ2) is 5.69. The van der Waals surface area contributed by atoms with Crippen molar-refractivity contribution in [2.75, 3.05) is 14.2 Å². The summed E-state index contributed by atoms with van der Waals surface area (Å²) < 4.78 is 11.9. The number of hydrogen-bond donors (Lipinski definition) is 0. The fraction of sp³-hybridized carbons (Fsp3) is 0.143. The smallest absolute Gasteiger partial charge is 0.311 e. The van der Waals surface area contributed by atoms with Crippen LogP contribution in [0.4, 0.5) is 5.69 Å². The number of benzene rings is 1. The van der Waals surface area contributed by atoms with Gasteiger partial charge in [0.25, 0.3) is 0 Å². The van der Waals surface area contributed by atoms with Crippen LogP contribution in [0.15, 0.2) is 23.7 Å². The molecule has 2 heterocycles. The van der Waals surface area contributed by atoms with Gasteiger partial charge in [-0.15, -0.1) is 11.3 Å². The molecule has 1 aromatic carbocycles. The number of nitrogens with zero attached hydrogens (tertiary/aromatic N) is 3. The van der Waals surface area contributed by atoms with E-state index in [1.807, 2.05) is 0 Å². The topological polar surface area (TPSA) is 96.0 Å². The number of thiazole rings is 1. The van der Waals surface area contributed by atoms with Crippen LogP contribution >= 0.6 is 11.3 Å². The molecule has 23 heavy (non-hydrogen) atoms. The van der Waals surface area contributed by atoms with Crippen molar-refractivity contribution < 1.29 is 19.2 Å². The molecule has 2 aromatic heterocycles. The lowest BCUT2D eigenvalue weighted by molar-refractivity contribution is -0.385. The Balaban J connectivity index is 2.32. The number of carbonyl (C=O) groups is 1. The van der Waals surface area contributed by atoms with Crippen molar-refractivity contribution in [2.24, 2.45) is 0 Å². The zero-order valence-corrected chi connectivity index (χ0v) is 13.0. The minimum absolute atomic E-state index is 0.0734. The highest BCUT2D eigenvalue weighted by Crippen LogP contribution is 2.40. The van der Waals surface area contributed by atoms with Crippen molar-refractivity contribution in [3.8, 4) is 22.8 Å². The van der Waals surface area contributed by atoms with Gasteiger partial charge in [-0.3, -0.25) is 19.3 Å². The van der Waals surface area contributed by atoms with Crippen LogP contribution in [0, 0.1) is 10.1 Å². The van der Waals surface area contributed by atoms with E-state index >= 15 is 0 Å². The molecule has 3 rings (SSSR count). The quantitative estimate of drug-likeness (QED) is 0.405. The molecule has 0 saturated carbocycles. The molecule has 0 aliphatic rings. The summed E-state index contributed by atoms with van der Waals surface area (Å²) in [6.07, 6.45) is 2.38. The zero-order valence-electron chi connectivity index (χ0n) is 12.2. The molecule has 3 aromatic rings. The minimum atomic E-state index is -0.555. The predicted molar refractivity (Wildman–Crippen MR) is 83.7 cm³/mol. The van der Waals surface area contributed by atoms with Gasteiger partial charge < -0.3 is 9.47 Å². The SMILES string of the molecule is COc1cc(OC)c([N+](=O)[O-])cc1-c1nc2sccn2c1C=O. The van der Waals surface area contributed by atoms with Crippen LogP contribution in [0.3, 0.4) is 0 Å². The van der Waals surface area contributed by atoms with E-state index in [1.165, 1.54) is 37.7 Å². The van der Waals surface area contributed by atoms with Crippen molar-refractivity contribution >= 4 is 28.3 Å². The Morgan fingerprint density at radius 1 is 1.30 bits per heavy atom. The molecular weight excluding hydrogens is 322 g/mol. The van der Waals surface area contributed by atoms with Gasteiger partial charge in [0.15, 0.2) is 11.2 Å². The zero-order chi connectivity index (χ0) is 16.6. The third-order valence-electron chi connectivity index (χ3n) is 3.36. The Labute approximate surface area is 134 Å². The van der Waals surface area contributed by atoms with Crippen molar-refractivity contribution in [3.63, 3.8) is 0 Å². The average Bonchev–Trinajstić information content (AvgIpc) is 3.13.